The molecule has 15 heavy (non-hydrogen) atoms. The van der Waals surface area contributed by atoms with Crippen LogP contribution < -0.4 is 4.74 Å². The zero-order valence-electron chi connectivity index (χ0n) is 7.72. The summed E-state index contributed by atoms with van der Waals surface area (Å²) >= 11 is 5.79. The van der Waals surface area contributed by atoms with Crippen LogP contribution in [0.25, 0.3) is 0 Å². The second-order valence-electron chi connectivity index (χ2n) is 2.89. The molecule has 0 aliphatic heterocycles. The van der Waals surface area contributed by atoms with Crippen LogP contribution in [0.2, 0.25) is 5.02 Å². The van der Waals surface area contributed by atoms with Gasteiger partial charge in [-0.05, 0) is 30.3 Å². The van der Waals surface area contributed by atoms with Crippen LogP contribution in [0, 0.1) is 0 Å². The maximum atomic E-state index is 9.42. The highest BCUT2D eigenvalue weighted by Gasteiger charge is 2.03. The molecule has 0 saturated heterocycles. The van der Waals surface area contributed by atoms with Crippen molar-refractivity contribution in [1.29, 1.82) is 0 Å². The maximum Gasteiger partial charge on any atom is 0.262 e. The molecule has 0 saturated carbocycles. The number of aromatic hydroxyl groups is 1. The number of nitrogens with zero attached hydrogens (tertiary/aromatic N) is 1. The molecule has 0 amide bonds. The predicted octanol–water partition coefficient (Wildman–Crippen LogP) is 3.23. The Morgan fingerprint density at radius 3 is 2.80 bits per heavy atom. The van der Waals surface area contributed by atoms with Crippen LogP contribution in [0.5, 0.6) is 17.4 Å². The highest BCUT2D eigenvalue weighted by molar-refractivity contribution is 6.30. The van der Waals surface area contributed by atoms with Crippen molar-refractivity contribution in [1.82, 2.24) is 4.98 Å². The topological polar surface area (TPSA) is 42.4 Å². The molecule has 1 aromatic carbocycles. The fourth-order valence-electron chi connectivity index (χ4n) is 1.10. The van der Waals surface area contributed by atoms with Gasteiger partial charge in [0.05, 0.1) is 0 Å². The third kappa shape index (κ3) is 2.39. The van der Waals surface area contributed by atoms with Gasteiger partial charge in [-0.1, -0.05) is 17.7 Å². The quantitative estimate of drug-likeness (QED) is 0.847. The van der Waals surface area contributed by atoms with Gasteiger partial charge in [-0.3, -0.25) is 0 Å². The van der Waals surface area contributed by atoms with Crippen molar-refractivity contribution in [3.05, 3.63) is 47.6 Å². The number of ether oxygens (including phenoxy) is 1. The zero-order valence-corrected chi connectivity index (χ0v) is 8.48. The molecule has 0 fully saturated rings. The minimum absolute atomic E-state index is 0.00234. The molecule has 1 heterocycles. The SMILES string of the molecule is Oc1cccnc1Oc1cccc(Cl)c1. The van der Waals surface area contributed by atoms with E-state index in [0.29, 0.717) is 10.8 Å². The summed E-state index contributed by atoms with van der Waals surface area (Å²) in [6.45, 7) is 0. The number of hydrogen-bond acceptors (Lipinski definition) is 3. The molecular formula is C11H8ClNO2. The molecule has 2 rings (SSSR count). The van der Waals surface area contributed by atoms with Gasteiger partial charge < -0.3 is 9.84 Å². The standard InChI is InChI=1S/C11H8ClNO2/c12-8-3-1-4-9(7-8)15-11-10(14)5-2-6-13-11/h1-7,14H. The smallest absolute Gasteiger partial charge is 0.262 e. The van der Waals surface area contributed by atoms with Crippen molar-refractivity contribution in [2.75, 3.05) is 0 Å². The molecule has 0 spiro atoms. The highest BCUT2D eigenvalue weighted by atomic mass is 35.5. The molecule has 76 valence electrons. The Morgan fingerprint density at radius 2 is 2.07 bits per heavy atom. The average molecular weight is 222 g/mol. The Balaban J connectivity index is 2.26. The van der Waals surface area contributed by atoms with Crippen molar-refractivity contribution in [2.45, 2.75) is 0 Å². The monoisotopic (exact) mass is 221 g/mol. The van der Waals surface area contributed by atoms with Gasteiger partial charge in [0.25, 0.3) is 5.88 Å². The van der Waals surface area contributed by atoms with Crippen molar-refractivity contribution in [3.8, 4) is 17.4 Å². The number of halogens is 1. The minimum Gasteiger partial charge on any atom is -0.503 e. The van der Waals surface area contributed by atoms with Crippen molar-refractivity contribution in [3.63, 3.8) is 0 Å². The number of hydrogen-bond donors (Lipinski definition) is 1. The van der Waals surface area contributed by atoms with E-state index in [0.717, 1.165) is 0 Å². The predicted molar refractivity (Wildman–Crippen MR) is 57.4 cm³/mol. The van der Waals surface area contributed by atoms with Gasteiger partial charge in [0.15, 0.2) is 5.75 Å². The summed E-state index contributed by atoms with van der Waals surface area (Å²) in [4.78, 5) is 3.89. The van der Waals surface area contributed by atoms with E-state index in [1.807, 2.05) is 0 Å². The van der Waals surface area contributed by atoms with Gasteiger partial charge in [-0.2, -0.15) is 0 Å². The number of rotatable bonds is 2. The molecule has 1 N–H and O–H groups in total. The summed E-state index contributed by atoms with van der Waals surface area (Å²) in [6.07, 6.45) is 1.54. The van der Waals surface area contributed by atoms with Crippen LogP contribution >= 0.6 is 11.6 Å². The van der Waals surface area contributed by atoms with Crippen LogP contribution in [0.3, 0.4) is 0 Å². The zero-order chi connectivity index (χ0) is 10.7. The molecule has 0 atom stereocenters. The van der Waals surface area contributed by atoms with Gasteiger partial charge in [-0.15, -0.1) is 0 Å². The Kier molecular flexibility index (Phi) is 2.74. The van der Waals surface area contributed by atoms with Gasteiger partial charge in [0, 0.05) is 11.2 Å². The Hall–Kier alpha value is -1.74. The summed E-state index contributed by atoms with van der Waals surface area (Å²) in [5.41, 5.74) is 0. The number of pyridine rings is 1. The second kappa shape index (κ2) is 4.19. The Morgan fingerprint density at radius 1 is 1.20 bits per heavy atom. The van der Waals surface area contributed by atoms with E-state index in [1.54, 1.807) is 36.5 Å². The minimum atomic E-state index is -0.00234. The summed E-state index contributed by atoms with van der Waals surface area (Å²) in [5.74, 6) is 0.703. The van der Waals surface area contributed by atoms with Gasteiger partial charge in [0.2, 0.25) is 0 Å². The van der Waals surface area contributed by atoms with E-state index in [4.69, 9.17) is 16.3 Å². The maximum absolute atomic E-state index is 9.42. The van der Waals surface area contributed by atoms with E-state index in [1.165, 1.54) is 6.07 Å². The third-order valence-electron chi connectivity index (χ3n) is 1.76. The summed E-state index contributed by atoms with van der Waals surface area (Å²) < 4.78 is 5.34. The largest absolute Gasteiger partial charge is 0.503 e. The lowest BCUT2D eigenvalue weighted by Crippen LogP contribution is -1.87. The Labute approximate surface area is 91.9 Å². The molecule has 2 aromatic rings. The second-order valence-corrected chi connectivity index (χ2v) is 3.32. The lowest BCUT2D eigenvalue weighted by Gasteiger charge is -2.05. The molecular weight excluding hydrogens is 214 g/mol. The highest BCUT2D eigenvalue weighted by Crippen LogP contribution is 2.28. The van der Waals surface area contributed by atoms with Crippen molar-refractivity contribution in [2.24, 2.45) is 0 Å². The molecule has 0 aliphatic carbocycles. The summed E-state index contributed by atoms with van der Waals surface area (Å²) in [5, 5.41) is 9.99. The molecule has 3 nitrogen and oxygen atoms in total. The molecule has 0 radical (unpaired) electrons. The van der Waals surface area contributed by atoms with E-state index < -0.39 is 0 Å². The van der Waals surface area contributed by atoms with Crippen LogP contribution in [-0.4, -0.2) is 10.1 Å². The molecule has 4 heteroatoms. The summed E-state index contributed by atoms with van der Waals surface area (Å²) in [6, 6.07) is 10.0. The van der Waals surface area contributed by atoms with Gasteiger partial charge in [0.1, 0.15) is 5.75 Å². The average Bonchev–Trinajstić information content (AvgIpc) is 2.22. The van der Waals surface area contributed by atoms with Crippen molar-refractivity contribution < 1.29 is 9.84 Å². The van der Waals surface area contributed by atoms with Crippen LogP contribution in [0.1, 0.15) is 0 Å². The number of benzene rings is 1. The first-order valence-electron chi connectivity index (χ1n) is 4.33. The van der Waals surface area contributed by atoms with Gasteiger partial charge >= 0.3 is 0 Å². The van der Waals surface area contributed by atoms with E-state index in [2.05, 4.69) is 4.98 Å². The summed E-state index contributed by atoms with van der Waals surface area (Å²) in [7, 11) is 0. The fourth-order valence-corrected chi connectivity index (χ4v) is 1.28. The molecule has 0 bridgehead atoms. The third-order valence-corrected chi connectivity index (χ3v) is 2.00. The normalized spacial score (nSPS) is 9.93. The molecule has 1 aromatic heterocycles. The van der Waals surface area contributed by atoms with Crippen LogP contribution in [0.15, 0.2) is 42.6 Å². The van der Waals surface area contributed by atoms with Crippen molar-refractivity contribution >= 4 is 11.6 Å². The van der Waals surface area contributed by atoms with E-state index in [9.17, 15) is 5.11 Å². The van der Waals surface area contributed by atoms with Gasteiger partial charge in [-0.25, -0.2) is 4.98 Å². The Bertz CT molecular complexity index is 474. The first-order valence-corrected chi connectivity index (χ1v) is 4.71. The lowest BCUT2D eigenvalue weighted by atomic mass is 10.3. The van der Waals surface area contributed by atoms with E-state index in [-0.39, 0.29) is 11.6 Å². The lowest BCUT2D eigenvalue weighted by molar-refractivity contribution is 0.397. The first kappa shape index (κ1) is 9.80. The van der Waals surface area contributed by atoms with Crippen LogP contribution in [0.4, 0.5) is 0 Å². The molecule has 0 aliphatic rings. The first-order chi connectivity index (χ1) is 7.25. The number of aromatic nitrogens is 1. The van der Waals surface area contributed by atoms with Crippen LogP contribution in [-0.2, 0) is 0 Å². The fraction of sp³-hybridized carbons (Fsp3) is 0. The van der Waals surface area contributed by atoms with E-state index >= 15 is 0 Å². The molecule has 0 unspecified atom stereocenters.